The number of fused-ring (bicyclic) bond motifs is 2. The molecule has 160 valence electrons. The Morgan fingerprint density at radius 3 is 2.84 bits per heavy atom. The number of ether oxygens (including phenoxy) is 1. The maximum Gasteiger partial charge on any atom is 0.325 e. The smallest absolute Gasteiger partial charge is 0.325 e. The Hall–Kier alpha value is -3.53. The largest absolute Gasteiger partial charge is 0.468 e. The van der Waals surface area contributed by atoms with Gasteiger partial charge in [0.1, 0.15) is 17.2 Å². The summed E-state index contributed by atoms with van der Waals surface area (Å²) in [7, 11) is 1.23. The average molecular weight is 440 g/mol. The van der Waals surface area contributed by atoms with E-state index in [2.05, 4.69) is 20.4 Å². The quantitative estimate of drug-likeness (QED) is 0.585. The van der Waals surface area contributed by atoms with E-state index in [9.17, 15) is 19.2 Å². The molecule has 0 aliphatic carbocycles. The van der Waals surface area contributed by atoms with Crippen molar-refractivity contribution in [2.75, 3.05) is 19.0 Å². The number of esters is 1. The zero-order valence-electron chi connectivity index (χ0n) is 17.0. The number of aromatic nitrogens is 2. The van der Waals surface area contributed by atoms with E-state index in [1.165, 1.54) is 24.5 Å². The van der Waals surface area contributed by atoms with Crippen LogP contribution in [0, 0.1) is 6.92 Å². The minimum Gasteiger partial charge on any atom is -0.468 e. The van der Waals surface area contributed by atoms with Gasteiger partial charge in [0, 0.05) is 24.2 Å². The number of nitrogens with one attached hydrogen (secondary N) is 2. The van der Waals surface area contributed by atoms with E-state index in [1.807, 2.05) is 0 Å². The molecule has 10 heteroatoms. The highest BCUT2D eigenvalue weighted by atomic mass is 32.1. The average Bonchev–Trinajstić information content (AvgIpc) is 3.37. The molecule has 0 spiro atoms. The number of amides is 2. The summed E-state index contributed by atoms with van der Waals surface area (Å²) in [5.74, 6) is -0.645. The minimum absolute atomic E-state index is 0.102. The van der Waals surface area contributed by atoms with Crippen molar-refractivity contribution >= 4 is 45.0 Å². The topological polar surface area (TPSA) is 119 Å². The lowest BCUT2D eigenvalue weighted by molar-refractivity contribution is -0.139. The van der Waals surface area contributed by atoms with Crippen molar-refractivity contribution in [1.82, 2.24) is 14.9 Å². The molecule has 0 fully saturated rings. The van der Waals surface area contributed by atoms with Gasteiger partial charge in [0.2, 0.25) is 0 Å². The maximum atomic E-state index is 12.9. The van der Waals surface area contributed by atoms with Gasteiger partial charge in [-0.25, -0.2) is 4.98 Å². The number of benzene rings is 1. The lowest BCUT2D eigenvalue weighted by Gasteiger charge is -2.08. The van der Waals surface area contributed by atoms with Gasteiger partial charge in [-0.15, -0.1) is 11.3 Å². The van der Waals surface area contributed by atoms with Crippen LogP contribution in [0.15, 0.2) is 29.1 Å². The van der Waals surface area contributed by atoms with E-state index in [-0.39, 0.29) is 23.6 Å². The molecule has 0 saturated heterocycles. The molecule has 9 nitrogen and oxygen atoms in total. The Balaban J connectivity index is 1.56. The van der Waals surface area contributed by atoms with E-state index >= 15 is 0 Å². The van der Waals surface area contributed by atoms with Gasteiger partial charge in [-0.1, -0.05) is 6.07 Å². The second kappa shape index (κ2) is 8.31. The van der Waals surface area contributed by atoms with Gasteiger partial charge in [-0.2, -0.15) is 0 Å². The molecule has 0 radical (unpaired) electrons. The third-order valence-electron chi connectivity index (χ3n) is 5.12. The number of methoxy groups -OCH3 is 1. The Labute approximate surface area is 181 Å². The molecule has 0 bridgehead atoms. The minimum atomic E-state index is -0.562. The first-order valence-corrected chi connectivity index (χ1v) is 10.5. The van der Waals surface area contributed by atoms with Gasteiger partial charge in [0.05, 0.1) is 17.4 Å². The van der Waals surface area contributed by atoms with Crippen molar-refractivity contribution in [3.8, 4) is 0 Å². The molecule has 4 rings (SSSR count). The van der Waals surface area contributed by atoms with Crippen LogP contribution in [0.25, 0.3) is 10.2 Å². The molecule has 0 atom stereocenters. The number of rotatable bonds is 5. The van der Waals surface area contributed by atoms with Gasteiger partial charge >= 0.3 is 5.97 Å². The summed E-state index contributed by atoms with van der Waals surface area (Å²) in [6.45, 7) is 2.15. The molecule has 2 amide bonds. The first-order valence-electron chi connectivity index (χ1n) is 9.68. The summed E-state index contributed by atoms with van der Waals surface area (Å²) < 4.78 is 6.17. The number of hydrogen-bond acceptors (Lipinski definition) is 7. The summed E-state index contributed by atoms with van der Waals surface area (Å²) in [4.78, 5) is 54.7. The number of aryl methyl sites for hydroxylation is 2. The van der Waals surface area contributed by atoms with Crippen LogP contribution in [0.4, 0.5) is 5.69 Å². The summed E-state index contributed by atoms with van der Waals surface area (Å²) in [6, 6.07) is 6.35. The molecule has 31 heavy (non-hydrogen) atoms. The zero-order valence-corrected chi connectivity index (χ0v) is 17.8. The molecular formula is C21H20N4O5S. The van der Waals surface area contributed by atoms with Gasteiger partial charge in [-0.3, -0.25) is 23.7 Å². The van der Waals surface area contributed by atoms with Crippen molar-refractivity contribution < 1.29 is 19.1 Å². The molecule has 3 heterocycles. The monoisotopic (exact) mass is 440 g/mol. The number of anilines is 1. The fraction of sp³-hybridized carbons (Fsp3) is 0.286. The molecule has 0 unspecified atom stereocenters. The van der Waals surface area contributed by atoms with Crippen LogP contribution < -0.4 is 16.2 Å². The fourth-order valence-electron chi connectivity index (χ4n) is 3.54. The van der Waals surface area contributed by atoms with Gasteiger partial charge < -0.3 is 15.4 Å². The summed E-state index contributed by atoms with van der Waals surface area (Å²) in [5.41, 5.74) is 1.20. The normalized spacial score (nSPS) is 12.5. The number of nitrogens with zero attached hydrogens (tertiary/aromatic N) is 2. The van der Waals surface area contributed by atoms with Crippen LogP contribution in [0.5, 0.6) is 0 Å². The van der Waals surface area contributed by atoms with E-state index in [0.29, 0.717) is 32.9 Å². The van der Waals surface area contributed by atoms with Crippen molar-refractivity contribution in [3.05, 3.63) is 56.4 Å². The first kappa shape index (κ1) is 20.7. The standard InChI is InChI=1S/C21H20N4O5S/c1-11-16-20(24-14-7-4-8-25(14)21(16)29)31-17(11)19(28)23-13-6-3-5-12(9-13)18(27)22-10-15(26)30-2/h3,5-6,9H,4,7-8,10H2,1-2H3,(H,22,27)(H,23,28). The Morgan fingerprint density at radius 1 is 1.26 bits per heavy atom. The van der Waals surface area contributed by atoms with Crippen molar-refractivity contribution in [2.45, 2.75) is 26.3 Å². The van der Waals surface area contributed by atoms with Crippen LogP contribution in [-0.4, -0.2) is 41.0 Å². The highest BCUT2D eigenvalue weighted by Gasteiger charge is 2.23. The van der Waals surface area contributed by atoms with E-state index in [1.54, 1.807) is 29.7 Å². The fourth-order valence-corrected chi connectivity index (χ4v) is 4.63. The summed E-state index contributed by atoms with van der Waals surface area (Å²) in [6.07, 6.45) is 1.66. The van der Waals surface area contributed by atoms with E-state index in [4.69, 9.17) is 0 Å². The molecule has 1 aliphatic heterocycles. The van der Waals surface area contributed by atoms with Crippen LogP contribution in [-0.2, 0) is 22.5 Å². The van der Waals surface area contributed by atoms with Crippen molar-refractivity contribution in [2.24, 2.45) is 0 Å². The summed E-state index contributed by atoms with van der Waals surface area (Å²) >= 11 is 1.19. The highest BCUT2D eigenvalue weighted by Crippen LogP contribution is 2.29. The Morgan fingerprint density at radius 2 is 2.06 bits per heavy atom. The predicted molar refractivity (Wildman–Crippen MR) is 116 cm³/mol. The second-order valence-corrected chi connectivity index (χ2v) is 8.12. The van der Waals surface area contributed by atoms with Gasteiger partial charge in [-0.05, 0) is 37.1 Å². The third-order valence-corrected chi connectivity index (χ3v) is 6.31. The first-order chi connectivity index (χ1) is 14.9. The van der Waals surface area contributed by atoms with Crippen LogP contribution in [0.3, 0.4) is 0 Å². The molecule has 1 aromatic carbocycles. The number of hydrogen-bond donors (Lipinski definition) is 2. The van der Waals surface area contributed by atoms with Crippen molar-refractivity contribution in [1.29, 1.82) is 0 Å². The Kier molecular flexibility index (Phi) is 5.55. The second-order valence-electron chi connectivity index (χ2n) is 7.12. The summed E-state index contributed by atoms with van der Waals surface area (Å²) in [5, 5.41) is 5.70. The molecule has 3 aromatic rings. The molecular weight excluding hydrogens is 420 g/mol. The van der Waals surface area contributed by atoms with Gasteiger partial charge in [0.15, 0.2) is 0 Å². The third kappa shape index (κ3) is 3.93. The lowest BCUT2D eigenvalue weighted by atomic mass is 10.1. The van der Waals surface area contributed by atoms with E-state index in [0.717, 1.165) is 18.7 Å². The maximum absolute atomic E-state index is 12.9. The molecule has 1 aliphatic rings. The lowest BCUT2D eigenvalue weighted by Crippen LogP contribution is -2.30. The zero-order chi connectivity index (χ0) is 22.1. The molecule has 0 saturated carbocycles. The van der Waals surface area contributed by atoms with Gasteiger partial charge in [0.25, 0.3) is 17.4 Å². The number of thiophene rings is 1. The Bertz CT molecular complexity index is 1280. The number of carbonyl (C=O) groups excluding carboxylic acids is 3. The predicted octanol–water partition coefficient (Wildman–Crippen LogP) is 1.87. The molecule has 2 aromatic heterocycles. The number of carbonyl (C=O) groups is 3. The van der Waals surface area contributed by atoms with Crippen LogP contribution in [0.1, 0.15) is 37.8 Å². The van der Waals surface area contributed by atoms with Crippen molar-refractivity contribution in [3.63, 3.8) is 0 Å². The van der Waals surface area contributed by atoms with Crippen LogP contribution >= 0.6 is 11.3 Å². The SMILES string of the molecule is COC(=O)CNC(=O)c1cccc(NC(=O)c2sc3nc4n(c(=O)c3c2C)CCC4)c1. The van der Waals surface area contributed by atoms with Crippen LogP contribution in [0.2, 0.25) is 0 Å². The highest BCUT2D eigenvalue weighted by molar-refractivity contribution is 7.20. The molecule has 2 N–H and O–H groups in total. The van der Waals surface area contributed by atoms with E-state index < -0.39 is 11.9 Å².